The number of hydrogen-bond acceptors (Lipinski definition) is 5. The largest absolute Gasteiger partial charge is 0.493 e. The summed E-state index contributed by atoms with van der Waals surface area (Å²) in [6, 6.07) is 10.1. The average molecular weight is 315 g/mol. The molecule has 0 radical (unpaired) electrons. The molecule has 0 saturated carbocycles. The molecule has 3 aromatic rings. The van der Waals surface area contributed by atoms with E-state index >= 15 is 0 Å². The Labute approximate surface area is 133 Å². The zero-order chi connectivity index (χ0) is 15.7. The second kappa shape index (κ2) is 5.85. The SMILES string of the molecule is COc1cc(-c2nc3ccc(C)cc3s2)cc(OC)c1OC. The molecule has 0 fully saturated rings. The van der Waals surface area contributed by atoms with Crippen LogP contribution in [0.2, 0.25) is 0 Å². The predicted octanol–water partition coefficient (Wildman–Crippen LogP) is 4.30. The van der Waals surface area contributed by atoms with Crippen LogP contribution in [-0.2, 0) is 0 Å². The van der Waals surface area contributed by atoms with Gasteiger partial charge in [-0.05, 0) is 36.8 Å². The second-order valence-corrected chi connectivity index (χ2v) is 5.93. The summed E-state index contributed by atoms with van der Waals surface area (Å²) >= 11 is 1.65. The molecule has 2 aromatic carbocycles. The Bertz CT molecular complexity index is 801. The van der Waals surface area contributed by atoms with Crippen molar-refractivity contribution in [1.29, 1.82) is 0 Å². The van der Waals surface area contributed by atoms with E-state index < -0.39 is 0 Å². The highest BCUT2D eigenvalue weighted by atomic mass is 32.1. The first-order valence-corrected chi connectivity index (χ1v) is 7.65. The molecule has 0 aliphatic heterocycles. The Balaban J connectivity index is 2.17. The summed E-state index contributed by atoms with van der Waals surface area (Å²) in [5, 5.41) is 0.930. The third-order valence-electron chi connectivity index (χ3n) is 3.46. The quantitative estimate of drug-likeness (QED) is 0.720. The Hall–Kier alpha value is -2.27. The minimum Gasteiger partial charge on any atom is -0.493 e. The molecule has 0 bridgehead atoms. The maximum Gasteiger partial charge on any atom is 0.203 e. The van der Waals surface area contributed by atoms with Crippen molar-refractivity contribution >= 4 is 21.6 Å². The van der Waals surface area contributed by atoms with E-state index in [4.69, 9.17) is 19.2 Å². The van der Waals surface area contributed by atoms with Gasteiger partial charge >= 0.3 is 0 Å². The minimum atomic E-state index is 0.589. The fourth-order valence-electron chi connectivity index (χ4n) is 2.36. The van der Waals surface area contributed by atoms with Crippen LogP contribution >= 0.6 is 11.3 Å². The topological polar surface area (TPSA) is 40.6 Å². The second-order valence-electron chi connectivity index (χ2n) is 4.90. The molecule has 114 valence electrons. The van der Waals surface area contributed by atoms with Gasteiger partial charge in [0.25, 0.3) is 0 Å². The van der Waals surface area contributed by atoms with Crippen molar-refractivity contribution in [3.05, 3.63) is 35.9 Å². The molecule has 1 heterocycles. The van der Waals surface area contributed by atoms with Gasteiger partial charge in [-0.25, -0.2) is 4.98 Å². The fourth-order valence-corrected chi connectivity index (χ4v) is 3.41. The molecule has 0 aliphatic carbocycles. The number of methoxy groups -OCH3 is 3. The zero-order valence-electron chi connectivity index (χ0n) is 13.0. The number of hydrogen-bond donors (Lipinski definition) is 0. The van der Waals surface area contributed by atoms with E-state index in [-0.39, 0.29) is 0 Å². The van der Waals surface area contributed by atoms with Gasteiger partial charge in [0, 0.05) is 5.56 Å². The van der Waals surface area contributed by atoms with Gasteiger partial charge in [-0.3, -0.25) is 0 Å². The third kappa shape index (κ3) is 2.48. The highest BCUT2D eigenvalue weighted by Crippen LogP contribution is 2.42. The van der Waals surface area contributed by atoms with Gasteiger partial charge in [-0.1, -0.05) is 6.07 Å². The summed E-state index contributed by atoms with van der Waals surface area (Å²) in [6.45, 7) is 2.08. The van der Waals surface area contributed by atoms with Gasteiger partial charge < -0.3 is 14.2 Å². The van der Waals surface area contributed by atoms with Gasteiger partial charge in [-0.15, -0.1) is 11.3 Å². The summed E-state index contributed by atoms with van der Waals surface area (Å²) in [5.41, 5.74) is 3.18. The molecule has 0 amide bonds. The van der Waals surface area contributed by atoms with E-state index in [2.05, 4.69) is 19.1 Å². The summed E-state index contributed by atoms with van der Waals surface area (Å²) in [6.07, 6.45) is 0. The number of fused-ring (bicyclic) bond motifs is 1. The number of benzene rings is 2. The Morgan fingerprint density at radius 3 is 2.18 bits per heavy atom. The summed E-state index contributed by atoms with van der Waals surface area (Å²) in [4.78, 5) is 4.70. The fraction of sp³-hybridized carbons (Fsp3) is 0.235. The van der Waals surface area contributed by atoms with Crippen molar-refractivity contribution in [2.75, 3.05) is 21.3 Å². The summed E-state index contributed by atoms with van der Waals surface area (Å²) in [5.74, 6) is 1.85. The van der Waals surface area contributed by atoms with Gasteiger partial charge in [0.15, 0.2) is 11.5 Å². The van der Waals surface area contributed by atoms with E-state index in [1.807, 2.05) is 18.2 Å². The van der Waals surface area contributed by atoms with E-state index in [0.29, 0.717) is 17.2 Å². The number of nitrogens with zero attached hydrogens (tertiary/aromatic N) is 1. The first-order chi connectivity index (χ1) is 10.7. The van der Waals surface area contributed by atoms with Crippen LogP contribution in [0.5, 0.6) is 17.2 Å². The number of ether oxygens (including phenoxy) is 3. The van der Waals surface area contributed by atoms with E-state index in [0.717, 1.165) is 16.1 Å². The first-order valence-electron chi connectivity index (χ1n) is 6.84. The first kappa shape index (κ1) is 14.7. The van der Waals surface area contributed by atoms with Crippen LogP contribution in [0.3, 0.4) is 0 Å². The molecule has 0 saturated heterocycles. The van der Waals surface area contributed by atoms with Crippen molar-refractivity contribution < 1.29 is 14.2 Å². The van der Waals surface area contributed by atoms with Crippen LogP contribution in [-0.4, -0.2) is 26.3 Å². The molecule has 22 heavy (non-hydrogen) atoms. The summed E-state index contributed by atoms with van der Waals surface area (Å²) in [7, 11) is 4.83. The molecule has 0 spiro atoms. The van der Waals surface area contributed by atoms with Crippen molar-refractivity contribution in [1.82, 2.24) is 4.98 Å². The van der Waals surface area contributed by atoms with Crippen LogP contribution in [0.4, 0.5) is 0 Å². The molecule has 0 atom stereocenters. The molecule has 5 heteroatoms. The molecular weight excluding hydrogens is 298 g/mol. The van der Waals surface area contributed by atoms with Crippen molar-refractivity contribution in [3.8, 4) is 27.8 Å². The summed E-state index contributed by atoms with van der Waals surface area (Å²) < 4.78 is 17.3. The van der Waals surface area contributed by atoms with E-state index in [9.17, 15) is 0 Å². The maximum atomic E-state index is 5.41. The highest BCUT2D eigenvalue weighted by molar-refractivity contribution is 7.21. The Morgan fingerprint density at radius 1 is 0.909 bits per heavy atom. The lowest BCUT2D eigenvalue weighted by molar-refractivity contribution is 0.324. The minimum absolute atomic E-state index is 0.589. The standard InChI is InChI=1S/C17H17NO3S/c1-10-5-6-12-15(7-10)22-17(18-12)11-8-13(19-2)16(21-4)14(9-11)20-3/h5-9H,1-4H3. The molecule has 4 nitrogen and oxygen atoms in total. The number of aromatic nitrogens is 1. The predicted molar refractivity (Wildman–Crippen MR) is 89.4 cm³/mol. The van der Waals surface area contributed by atoms with E-state index in [1.165, 1.54) is 10.3 Å². The van der Waals surface area contributed by atoms with Crippen molar-refractivity contribution in [2.24, 2.45) is 0 Å². The van der Waals surface area contributed by atoms with Crippen LogP contribution in [0, 0.1) is 6.92 Å². The van der Waals surface area contributed by atoms with Crippen LogP contribution in [0.25, 0.3) is 20.8 Å². The lowest BCUT2D eigenvalue weighted by atomic mass is 10.2. The normalized spacial score (nSPS) is 10.7. The number of rotatable bonds is 4. The maximum absolute atomic E-state index is 5.41. The van der Waals surface area contributed by atoms with Gasteiger partial charge in [0.1, 0.15) is 5.01 Å². The monoisotopic (exact) mass is 315 g/mol. The van der Waals surface area contributed by atoms with Gasteiger partial charge in [0.05, 0.1) is 31.5 Å². The molecule has 0 unspecified atom stereocenters. The van der Waals surface area contributed by atoms with Gasteiger partial charge in [-0.2, -0.15) is 0 Å². The smallest absolute Gasteiger partial charge is 0.203 e. The van der Waals surface area contributed by atoms with Crippen LogP contribution < -0.4 is 14.2 Å². The molecular formula is C17H17NO3S. The zero-order valence-corrected chi connectivity index (χ0v) is 13.8. The molecule has 3 rings (SSSR count). The highest BCUT2D eigenvalue weighted by Gasteiger charge is 2.16. The lowest BCUT2D eigenvalue weighted by Gasteiger charge is -2.13. The van der Waals surface area contributed by atoms with Crippen LogP contribution in [0.1, 0.15) is 5.56 Å². The third-order valence-corrected chi connectivity index (χ3v) is 4.52. The van der Waals surface area contributed by atoms with Gasteiger partial charge in [0.2, 0.25) is 5.75 Å². The van der Waals surface area contributed by atoms with E-state index in [1.54, 1.807) is 32.7 Å². The Kier molecular flexibility index (Phi) is 3.90. The van der Waals surface area contributed by atoms with Crippen LogP contribution in [0.15, 0.2) is 30.3 Å². The van der Waals surface area contributed by atoms with Crippen molar-refractivity contribution in [2.45, 2.75) is 6.92 Å². The molecule has 1 aromatic heterocycles. The average Bonchev–Trinajstić information content (AvgIpc) is 2.96. The van der Waals surface area contributed by atoms with Crippen molar-refractivity contribution in [3.63, 3.8) is 0 Å². The molecule has 0 N–H and O–H groups in total. The molecule has 0 aliphatic rings. The Morgan fingerprint density at radius 2 is 1.59 bits per heavy atom. The lowest BCUT2D eigenvalue weighted by Crippen LogP contribution is -1.95. The number of aryl methyl sites for hydroxylation is 1. The number of thiazole rings is 1.